The first-order valence-electron chi connectivity index (χ1n) is 12.2. The van der Waals surface area contributed by atoms with Crippen LogP contribution in [-0.2, 0) is 28.9 Å². The number of hydrogen-bond acceptors (Lipinski definition) is 17. The maximum atomic E-state index is 11.7. The number of azo groups is 2. The standard InChI is InChI=1S/C26H18ClN5O11S3/c27-17-10-20(31-29-14-4-5-15-12(6-14)2-1-3-22(15)44-42-40-35)21(33)11-19(17)30-32-25-23(45-43-41-36)7-13-8-24(46(37,38)39)18(28)9-16(13)26(25)34/h1-11,33-36H,28H2,(H,37,38,39). The summed E-state index contributed by atoms with van der Waals surface area (Å²) >= 11 is 7.58. The molecule has 0 aliphatic carbocycles. The van der Waals surface area contributed by atoms with Crippen molar-refractivity contribution in [2.45, 2.75) is 14.7 Å². The second kappa shape index (κ2) is 14.1. The van der Waals surface area contributed by atoms with Gasteiger partial charge in [-0.1, -0.05) is 39.9 Å². The Balaban J connectivity index is 1.46. The zero-order chi connectivity index (χ0) is 33.0. The van der Waals surface area contributed by atoms with Crippen LogP contribution in [0.2, 0.25) is 5.02 Å². The van der Waals surface area contributed by atoms with Gasteiger partial charge in [-0.2, -0.15) is 13.5 Å². The van der Waals surface area contributed by atoms with Crippen LogP contribution < -0.4 is 5.73 Å². The van der Waals surface area contributed by atoms with E-state index in [9.17, 15) is 23.2 Å². The van der Waals surface area contributed by atoms with Gasteiger partial charge in [0.1, 0.15) is 27.7 Å². The molecule has 0 aliphatic rings. The Labute approximate surface area is 271 Å². The lowest BCUT2D eigenvalue weighted by atomic mass is 10.1. The van der Waals surface area contributed by atoms with Crippen LogP contribution in [0.15, 0.2) is 102 Å². The molecule has 46 heavy (non-hydrogen) atoms. The number of phenolic OH excluding ortho intramolecular Hbond substituents is 2. The quantitative estimate of drug-likeness (QED) is 0.0188. The third-order valence-electron chi connectivity index (χ3n) is 6.17. The number of nitrogen functional groups attached to an aromatic ring is 1. The Morgan fingerprint density at radius 1 is 0.761 bits per heavy atom. The molecule has 0 atom stereocenters. The molecule has 5 aromatic rings. The first-order chi connectivity index (χ1) is 22.0. The largest absolute Gasteiger partial charge is 0.506 e. The third-order valence-corrected chi connectivity index (χ3v) is 8.66. The van der Waals surface area contributed by atoms with Gasteiger partial charge in [-0.05, 0) is 58.6 Å². The summed E-state index contributed by atoms with van der Waals surface area (Å²) in [6.45, 7) is 0. The lowest BCUT2D eigenvalue weighted by Crippen LogP contribution is -2.03. The highest BCUT2D eigenvalue weighted by Gasteiger charge is 2.21. The van der Waals surface area contributed by atoms with Crippen molar-refractivity contribution in [3.63, 3.8) is 0 Å². The van der Waals surface area contributed by atoms with Gasteiger partial charge in [0.15, 0.2) is 5.75 Å². The fourth-order valence-corrected chi connectivity index (χ4v) is 6.00. The molecular formula is C26H18ClN5O11S3. The van der Waals surface area contributed by atoms with Crippen molar-refractivity contribution >= 4 is 95.8 Å². The van der Waals surface area contributed by atoms with E-state index in [1.54, 1.807) is 30.3 Å². The smallest absolute Gasteiger partial charge is 0.296 e. The number of nitrogens with two attached hydrogens (primary N) is 1. The van der Waals surface area contributed by atoms with Crippen LogP contribution in [0, 0.1) is 0 Å². The van der Waals surface area contributed by atoms with E-state index in [0.29, 0.717) is 22.6 Å². The molecule has 0 fully saturated rings. The van der Waals surface area contributed by atoms with Crippen molar-refractivity contribution in [3.8, 4) is 11.5 Å². The molecule has 20 heteroatoms. The zero-order valence-electron chi connectivity index (χ0n) is 22.5. The Kier molecular flexibility index (Phi) is 10.2. The highest BCUT2D eigenvalue weighted by molar-refractivity contribution is 7.95. The molecule has 0 heterocycles. The second-order valence-electron chi connectivity index (χ2n) is 8.96. The number of phenols is 2. The number of rotatable bonds is 11. The number of hydrogen-bond donors (Lipinski definition) is 6. The molecular weight excluding hydrogens is 690 g/mol. The number of fused-ring (bicyclic) bond motifs is 2. The molecule has 0 saturated carbocycles. The van der Waals surface area contributed by atoms with Crippen LogP contribution in [0.4, 0.5) is 28.4 Å². The molecule has 0 saturated heterocycles. The van der Waals surface area contributed by atoms with Crippen LogP contribution >= 0.6 is 35.7 Å². The molecule has 0 radical (unpaired) electrons. The third kappa shape index (κ3) is 7.30. The van der Waals surface area contributed by atoms with E-state index < -0.39 is 20.8 Å². The van der Waals surface area contributed by atoms with Crippen LogP contribution in [0.5, 0.6) is 11.5 Å². The molecule has 5 aromatic carbocycles. The van der Waals surface area contributed by atoms with Gasteiger partial charge >= 0.3 is 0 Å². The lowest BCUT2D eigenvalue weighted by Gasteiger charge is -2.11. The number of aromatic hydroxyl groups is 2. The molecule has 238 valence electrons. The molecule has 16 nitrogen and oxygen atoms in total. The van der Waals surface area contributed by atoms with Gasteiger partial charge in [-0.25, -0.2) is 10.5 Å². The molecule has 0 unspecified atom stereocenters. The Bertz CT molecular complexity index is 2140. The van der Waals surface area contributed by atoms with E-state index in [2.05, 4.69) is 39.2 Å². The van der Waals surface area contributed by atoms with E-state index in [1.807, 2.05) is 6.07 Å². The maximum Gasteiger partial charge on any atom is 0.296 e. The average molecular weight is 708 g/mol. The summed E-state index contributed by atoms with van der Waals surface area (Å²) < 4.78 is 41.8. The predicted molar refractivity (Wildman–Crippen MR) is 167 cm³/mol. The number of anilines is 1. The normalized spacial score (nSPS) is 12.3. The van der Waals surface area contributed by atoms with Crippen molar-refractivity contribution in [1.82, 2.24) is 0 Å². The average Bonchev–Trinajstić information content (AvgIpc) is 3.02. The van der Waals surface area contributed by atoms with E-state index in [1.165, 1.54) is 12.1 Å². The number of benzene rings is 5. The van der Waals surface area contributed by atoms with Crippen molar-refractivity contribution < 1.29 is 52.4 Å². The summed E-state index contributed by atoms with van der Waals surface area (Å²) in [5, 5.41) is 63.8. The zero-order valence-corrected chi connectivity index (χ0v) is 25.7. The summed E-state index contributed by atoms with van der Waals surface area (Å²) in [5.74, 6) is -0.886. The summed E-state index contributed by atoms with van der Waals surface area (Å²) in [5.41, 5.74) is 5.59. The van der Waals surface area contributed by atoms with Gasteiger partial charge in [0.25, 0.3) is 10.1 Å². The maximum absolute atomic E-state index is 11.7. The fraction of sp³-hybridized carbons (Fsp3) is 0. The van der Waals surface area contributed by atoms with E-state index in [0.717, 1.165) is 41.0 Å². The van der Waals surface area contributed by atoms with Crippen molar-refractivity contribution in [3.05, 3.63) is 71.8 Å². The Morgan fingerprint density at radius 2 is 1.48 bits per heavy atom. The molecule has 0 bridgehead atoms. The molecule has 0 aromatic heterocycles. The van der Waals surface area contributed by atoms with Gasteiger partial charge in [0.05, 0.1) is 45.4 Å². The van der Waals surface area contributed by atoms with Gasteiger partial charge < -0.3 is 15.9 Å². The minimum atomic E-state index is -4.69. The molecule has 0 spiro atoms. The highest BCUT2D eigenvalue weighted by atomic mass is 35.5. The van der Waals surface area contributed by atoms with Crippen LogP contribution in [0.3, 0.4) is 0 Å². The molecule has 0 amide bonds. The van der Waals surface area contributed by atoms with E-state index >= 15 is 0 Å². The molecule has 5 rings (SSSR count). The summed E-state index contributed by atoms with van der Waals surface area (Å²) in [6, 6.07) is 16.4. The second-order valence-corrected chi connectivity index (χ2v) is 12.2. The van der Waals surface area contributed by atoms with Crippen molar-refractivity contribution in [2.24, 2.45) is 20.5 Å². The highest BCUT2D eigenvalue weighted by Crippen LogP contribution is 2.46. The summed E-state index contributed by atoms with van der Waals surface area (Å²) in [4.78, 5) is 0.0591. The first-order valence-corrected chi connectivity index (χ1v) is 15.5. The van der Waals surface area contributed by atoms with Crippen LogP contribution in [-0.4, -0.2) is 33.7 Å². The first kappa shape index (κ1) is 33.2. The van der Waals surface area contributed by atoms with Crippen molar-refractivity contribution in [2.75, 3.05) is 5.73 Å². The van der Waals surface area contributed by atoms with E-state index in [-0.39, 0.29) is 49.2 Å². The van der Waals surface area contributed by atoms with Gasteiger partial charge in [0, 0.05) is 16.3 Å². The molecule has 7 N–H and O–H groups in total. The molecule has 0 aliphatic heterocycles. The number of halogens is 1. The lowest BCUT2D eigenvalue weighted by molar-refractivity contribution is -0.432. The fourth-order valence-electron chi connectivity index (χ4n) is 4.17. The van der Waals surface area contributed by atoms with Crippen LogP contribution in [0.1, 0.15) is 0 Å². The summed E-state index contributed by atoms with van der Waals surface area (Å²) in [6.07, 6.45) is 0. The summed E-state index contributed by atoms with van der Waals surface area (Å²) in [7, 11) is -4.69. The SMILES string of the molecule is Nc1cc2c(O)c(N=Nc3cc(O)c(N=Nc4ccc5c(SOOO)cccc5c4)cc3Cl)c(SOOO)cc2cc1S(=O)(=O)O. The monoisotopic (exact) mass is 707 g/mol. The topological polar surface area (TPSA) is 248 Å². The van der Waals surface area contributed by atoms with Crippen LogP contribution in [0.25, 0.3) is 21.5 Å². The Morgan fingerprint density at radius 3 is 2.20 bits per heavy atom. The minimum absolute atomic E-state index is 0.00487. The van der Waals surface area contributed by atoms with Gasteiger partial charge in [-0.3, -0.25) is 4.55 Å². The number of nitrogens with zero attached hydrogens (tertiary/aromatic N) is 4. The van der Waals surface area contributed by atoms with Crippen molar-refractivity contribution in [1.29, 1.82) is 0 Å². The van der Waals surface area contributed by atoms with Gasteiger partial charge in [0.2, 0.25) is 0 Å². The Hall–Kier alpha value is -4.12. The van der Waals surface area contributed by atoms with Gasteiger partial charge in [-0.15, -0.1) is 24.0 Å². The predicted octanol–water partition coefficient (Wildman–Crippen LogP) is 8.57. The minimum Gasteiger partial charge on any atom is -0.506 e. The van der Waals surface area contributed by atoms with E-state index in [4.69, 9.17) is 27.8 Å².